The van der Waals surface area contributed by atoms with E-state index in [1.165, 1.54) is 11.6 Å². The van der Waals surface area contributed by atoms with Crippen LogP contribution in [0.5, 0.6) is 0 Å². The van der Waals surface area contributed by atoms with Crippen LogP contribution in [0.1, 0.15) is 18.1 Å². The van der Waals surface area contributed by atoms with Gasteiger partial charge < -0.3 is 14.2 Å². The second kappa shape index (κ2) is 10.2. The van der Waals surface area contributed by atoms with Gasteiger partial charge in [0.1, 0.15) is 6.61 Å². The Hall–Kier alpha value is -1.65. The van der Waals surface area contributed by atoms with E-state index < -0.39 is 0 Å². The fourth-order valence-corrected chi connectivity index (χ4v) is 1.46. The van der Waals surface area contributed by atoms with E-state index in [1.54, 1.807) is 6.08 Å². The molecule has 0 heterocycles. The maximum Gasteiger partial charge on any atom is 0.330 e. The molecule has 0 aliphatic heterocycles. The first-order valence-electron chi connectivity index (χ1n) is 6.79. The van der Waals surface area contributed by atoms with Crippen LogP contribution in [0, 0.1) is 6.92 Å². The van der Waals surface area contributed by atoms with Crippen LogP contribution in [0.4, 0.5) is 0 Å². The predicted molar refractivity (Wildman–Crippen MR) is 78.5 cm³/mol. The van der Waals surface area contributed by atoms with Gasteiger partial charge in [-0.2, -0.15) is 0 Å². The lowest BCUT2D eigenvalue weighted by Gasteiger charge is -2.04. The van der Waals surface area contributed by atoms with Gasteiger partial charge in [0.25, 0.3) is 0 Å². The lowest BCUT2D eigenvalue weighted by molar-refractivity contribution is -0.139. The first-order chi connectivity index (χ1) is 9.72. The number of rotatable bonds is 9. The maximum absolute atomic E-state index is 11.4. The average Bonchev–Trinajstić information content (AvgIpc) is 2.46. The number of hydrogen-bond acceptors (Lipinski definition) is 4. The van der Waals surface area contributed by atoms with Crippen molar-refractivity contribution in [3.05, 3.63) is 41.5 Å². The fraction of sp³-hybridized carbons (Fsp3) is 0.438. The molecule has 0 aromatic heterocycles. The van der Waals surface area contributed by atoms with Crippen LogP contribution in [0.25, 0.3) is 6.08 Å². The molecule has 0 fully saturated rings. The zero-order chi connectivity index (χ0) is 14.6. The maximum atomic E-state index is 11.4. The fourth-order valence-electron chi connectivity index (χ4n) is 1.46. The van der Waals surface area contributed by atoms with Crippen LogP contribution in [0.3, 0.4) is 0 Å². The molecule has 1 aromatic carbocycles. The average molecular weight is 278 g/mol. The van der Waals surface area contributed by atoms with E-state index in [0.29, 0.717) is 26.4 Å². The summed E-state index contributed by atoms with van der Waals surface area (Å²) in [5.41, 5.74) is 2.16. The summed E-state index contributed by atoms with van der Waals surface area (Å²) in [4.78, 5) is 11.4. The first-order valence-corrected chi connectivity index (χ1v) is 6.79. The largest absolute Gasteiger partial charge is 0.460 e. The van der Waals surface area contributed by atoms with Gasteiger partial charge in [-0.1, -0.05) is 29.8 Å². The molecule has 20 heavy (non-hydrogen) atoms. The summed E-state index contributed by atoms with van der Waals surface area (Å²) in [6.45, 7) is 6.36. The summed E-state index contributed by atoms with van der Waals surface area (Å²) in [6.07, 6.45) is 3.16. The molecule has 4 nitrogen and oxygen atoms in total. The number of aryl methyl sites for hydroxylation is 1. The Bertz CT molecular complexity index is 409. The highest BCUT2D eigenvalue weighted by Crippen LogP contribution is 2.04. The molecule has 0 saturated heterocycles. The molecule has 1 rings (SSSR count). The minimum atomic E-state index is -0.362. The first kappa shape index (κ1) is 16.4. The van der Waals surface area contributed by atoms with Crippen LogP contribution in [-0.2, 0) is 19.0 Å². The van der Waals surface area contributed by atoms with Crippen molar-refractivity contribution in [1.29, 1.82) is 0 Å². The van der Waals surface area contributed by atoms with Gasteiger partial charge in [-0.3, -0.25) is 0 Å². The molecule has 0 N–H and O–H groups in total. The zero-order valence-electron chi connectivity index (χ0n) is 12.1. The summed E-state index contributed by atoms with van der Waals surface area (Å²) < 4.78 is 15.4. The molecule has 110 valence electrons. The summed E-state index contributed by atoms with van der Waals surface area (Å²) in [7, 11) is 0. The Kier molecular flexibility index (Phi) is 8.35. The van der Waals surface area contributed by atoms with Crippen LogP contribution >= 0.6 is 0 Å². The Morgan fingerprint density at radius 3 is 2.40 bits per heavy atom. The second-order valence-electron chi connectivity index (χ2n) is 4.22. The normalized spacial score (nSPS) is 10.9. The van der Waals surface area contributed by atoms with Crippen molar-refractivity contribution in [1.82, 2.24) is 0 Å². The summed E-state index contributed by atoms with van der Waals surface area (Å²) in [6, 6.07) is 7.90. The van der Waals surface area contributed by atoms with Gasteiger partial charge in [0.2, 0.25) is 0 Å². The molecule has 0 atom stereocenters. The third kappa shape index (κ3) is 7.71. The van der Waals surface area contributed by atoms with Crippen LogP contribution < -0.4 is 0 Å². The van der Waals surface area contributed by atoms with Gasteiger partial charge in [0, 0.05) is 12.7 Å². The van der Waals surface area contributed by atoms with Crippen LogP contribution in [0.2, 0.25) is 0 Å². The van der Waals surface area contributed by atoms with Crippen molar-refractivity contribution in [2.45, 2.75) is 13.8 Å². The van der Waals surface area contributed by atoms with Crippen molar-refractivity contribution < 1.29 is 19.0 Å². The van der Waals surface area contributed by atoms with Crippen molar-refractivity contribution >= 4 is 12.0 Å². The Morgan fingerprint density at radius 2 is 1.70 bits per heavy atom. The van der Waals surface area contributed by atoms with Crippen LogP contribution in [0.15, 0.2) is 30.3 Å². The molecule has 0 unspecified atom stereocenters. The van der Waals surface area contributed by atoms with Crippen molar-refractivity contribution in [2.75, 3.05) is 33.0 Å². The molecule has 0 bridgehead atoms. The summed E-state index contributed by atoms with van der Waals surface area (Å²) >= 11 is 0. The number of carbonyl (C=O) groups is 1. The van der Waals surface area contributed by atoms with Gasteiger partial charge in [-0.25, -0.2) is 4.79 Å². The van der Waals surface area contributed by atoms with E-state index in [2.05, 4.69) is 0 Å². The topological polar surface area (TPSA) is 44.8 Å². The molecule has 0 aliphatic carbocycles. The SMILES string of the molecule is CCOCCOCCOC(=O)C=Cc1ccc(C)cc1. The Labute approximate surface area is 120 Å². The highest BCUT2D eigenvalue weighted by atomic mass is 16.6. The smallest absolute Gasteiger partial charge is 0.330 e. The lowest BCUT2D eigenvalue weighted by Crippen LogP contribution is -2.11. The van der Waals surface area contributed by atoms with E-state index in [4.69, 9.17) is 14.2 Å². The van der Waals surface area contributed by atoms with Gasteiger partial charge in [0.05, 0.1) is 19.8 Å². The number of carbonyl (C=O) groups excluding carboxylic acids is 1. The molecule has 4 heteroatoms. The molecule has 0 aliphatic rings. The van der Waals surface area contributed by atoms with Crippen LogP contribution in [-0.4, -0.2) is 39.0 Å². The second-order valence-corrected chi connectivity index (χ2v) is 4.22. The Morgan fingerprint density at radius 1 is 1.05 bits per heavy atom. The van der Waals surface area contributed by atoms with Gasteiger partial charge in [-0.15, -0.1) is 0 Å². The molecular formula is C16H22O4. The molecule has 0 amide bonds. The van der Waals surface area contributed by atoms with E-state index in [1.807, 2.05) is 38.1 Å². The van der Waals surface area contributed by atoms with Crippen molar-refractivity contribution in [2.24, 2.45) is 0 Å². The summed E-state index contributed by atoms with van der Waals surface area (Å²) in [5.74, 6) is -0.362. The van der Waals surface area contributed by atoms with Gasteiger partial charge >= 0.3 is 5.97 Å². The zero-order valence-corrected chi connectivity index (χ0v) is 12.1. The molecule has 1 aromatic rings. The molecule has 0 spiro atoms. The van der Waals surface area contributed by atoms with Crippen molar-refractivity contribution in [3.8, 4) is 0 Å². The van der Waals surface area contributed by atoms with E-state index in [-0.39, 0.29) is 12.6 Å². The number of hydrogen-bond donors (Lipinski definition) is 0. The monoisotopic (exact) mass is 278 g/mol. The minimum absolute atomic E-state index is 0.253. The number of benzene rings is 1. The van der Waals surface area contributed by atoms with Gasteiger partial charge in [0.15, 0.2) is 0 Å². The van der Waals surface area contributed by atoms with E-state index in [0.717, 1.165) is 5.56 Å². The molecule has 0 saturated carbocycles. The van der Waals surface area contributed by atoms with Crippen molar-refractivity contribution in [3.63, 3.8) is 0 Å². The van der Waals surface area contributed by atoms with E-state index >= 15 is 0 Å². The minimum Gasteiger partial charge on any atom is -0.460 e. The molecule has 0 radical (unpaired) electrons. The predicted octanol–water partition coefficient (Wildman–Crippen LogP) is 2.60. The van der Waals surface area contributed by atoms with E-state index in [9.17, 15) is 4.79 Å². The number of esters is 1. The quantitative estimate of drug-likeness (QED) is 0.396. The lowest BCUT2D eigenvalue weighted by atomic mass is 10.1. The highest BCUT2D eigenvalue weighted by molar-refractivity contribution is 5.87. The molecular weight excluding hydrogens is 256 g/mol. The highest BCUT2D eigenvalue weighted by Gasteiger charge is 1.97. The summed E-state index contributed by atoms with van der Waals surface area (Å²) in [5, 5.41) is 0. The van der Waals surface area contributed by atoms with Gasteiger partial charge in [-0.05, 0) is 25.5 Å². The third-order valence-electron chi connectivity index (χ3n) is 2.54. The standard InChI is InChI=1S/C16H22O4/c1-3-18-10-11-19-12-13-20-16(17)9-8-15-6-4-14(2)5-7-15/h4-9H,3,10-13H2,1-2H3. The third-order valence-corrected chi connectivity index (χ3v) is 2.54. The number of ether oxygens (including phenoxy) is 3. The Balaban J connectivity index is 2.12.